The Morgan fingerprint density at radius 3 is 2.95 bits per heavy atom. The highest BCUT2D eigenvalue weighted by molar-refractivity contribution is 7.10. The van der Waals surface area contributed by atoms with Crippen LogP contribution in [-0.4, -0.2) is 14.7 Å². The minimum atomic E-state index is -0.0740. The van der Waals surface area contributed by atoms with E-state index in [4.69, 9.17) is 4.52 Å². The van der Waals surface area contributed by atoms with E-state index in [1.54, 1.807) is 36.7 Å². The average Bonchev–Trinajstić information content (AvgIpc) is 3.10. The van der Waals surface area contributed by atoms with Gasteiger partial charge in [-0.05, 0) is 23.6 Å². The summed E-state index contributed by atoms with van der Waals surface area (Å²) in [5.41, 5.74) is 0.668. The number of hydrogen-bond acceptors (Lipinski definition) is 5. The molecule has 0 atom stereocenters. The molecule has 3 rings (SSSR count). The van der Waals surface area contributed by atoms with Gasteiger partial charge in [-0.25, -0.2) is 0 Å². The van der Waals surface area contributed by atoms with Crippen molar-refractivity contribution in [3.63, 3.8) is 0 Å². The van der Waals surface area contributed by atoms with Crippen LogP contribution in [0.3, 0.4) is 0 Å². The number of aryl methyl sites for hydroxylation is 1. The minimum Gasteiger partial charge on any atom is -0.334 e. The Hall–Kier alpha value is -2.47. The summed E-state index contributed by atoms with van der Waals surface area (Å²) in [6.45, 7) is 0. The highest BCUT2D eigenvalue weighted by Crippen LogP contribution is 2.16. The van der Waals surface area contributed by atoms with Crippen molar-refractivity contribution in [3.05, 3.63) is 57.0 Å². The third kappa shape index (κ3) is 2.60. The van der Waals surface area contributed by atoms with Gasteiger partial charge in [-0.3, -0.25) is 4.79 Å². The molecule has 0 fully saturated rings. The van der Waals surface area contributed by atoms with Crippen LogP contribution in [0.1, 0.15) is 10.8 Å². The summed E-state index contributed by atoms with van der Waals surface area (Å²) in [6, 6.07) is 7.15. The van der Waals surface area contributed by atoms with Gasteiger partial charge in [0.2, 0.25) is 11.4 Å². The van der Waals surface area contributed by atoms with E-state index in [2.05, 4.69) is 10.1 Å². The van der Waals surface area contributed by atoms with Gasteiger partial charge in [0.15, 0.2) is 0 Å². The Balaban J connectivity index is 1.86. The van der Waals surface area contributed by atoms with E-state index in [9.17, 15) is 4.79 Å². The van der Waals surface area contributed by atoms with Crippen LogP contribution in [-0.2, 0) is 7.05 Å². The van der Waals surface area contributed by atoms with Gasteiger partial charge in [0, 0.05) is 35.8 Å². The van der Waals surface area contributed by atoms with E-state index >= 15 is 0 Å². The Kier molecular flexibility index (Phi) is 3.30. The first-order chi connectivity index (χ1) is 9.72. The van der Waals surface area contributed by atoms with E-state index in [-0.39, 0.29) is 5.56 Å². The molecule has 0 bridgehead atoms. The largest absolute Gasteiger partial charge is 0.334 e. The van der Waals surface area contributed by atoms with Gasteiger partial charge in [0.1, 0.15) is 0 Å². The first-order valence-corrected chi connectivity index (χ1v) is 6.83. The molecule has 3 heterocycles. The smallest absolute Gasteiger partial charge is 0.250 e. The van der Waals surface area contributed by atoms with Crippen LogP contribution in [0.25, 0.3) is 23.5 Å². The van der Waals surface area contributed by atoms with Gasteiger partial charge < -0.3 is 9.09 Å². The second-order valence-electron chi connectivity index (χ2n) is 4.17. The number of rotatable bonds is 3. The lowest BCUT2D eigenvalue weighted by Crippen LogP contribution is -2.14. The maximum atomic E-state index is 11.3. The zero-order valence-electron chi connectivity index (χ0n) is 10.7. The minimum absolute atomic E-state index is 0.0740. The molecule has 0 saturated carbocycles. The first kappa shape index (κ1) is 12.6. The third-order valence-electron chi connectivity index (χ3n) is 2.72. The Morgan fingerprint density at radius 1 is 1.30 bits per heavy atom. The molecule has 100 valence electrons. The standard InChI is InChI=1S/C14H11N3O2S/c1-17-9-10(4-7-13(17)18)14-15-12(19-16-14)6-5-11-3-2-8-20-11/h2-9H,1H3. The van der Waals surface area contributed by atoms with Crippen molar-refractivity contribution in [2.24, 2.45) is 7.05 Å². The molecule has 3 aromatic heterocycles. The molecule has 0 aliphatic rings. The lowest BCUT2D eigenvalue weighted by Gasteiger charge is -1.97. The predicted molar refractivity (Wildman–Crippen MR) is 78.2 cm³/mol. The topological polar surface area (TPSA) is 60.9 Å². The maximum absolute atomic E-state index is 11.3. The molecular formula is C14H11N3O2S. The molecule has 6 heteroatoms. The fourth-order valence-corrected chi connectivity index (χ4v) is 2.30. The number of hydrogen-bond donors (Lipinski definition) is 0. The number of pyridine rings is 1. The zero-order chi connectivity index (χ0) is 13.9. The Morgan fingerprint density at radius 2 is 2.20 bits per heavy atom. The monoisotopic (exact) mass is 285 g/mol. The molecule has 5 nitrogen and oxygen atoms in total. The van der Waals surface area contributed by atoms with Crippen molar-refractivity contribution < 1.29 is 4.52 Å². The van der Waals surface area contributed by atoms with Crippen molar-refractivity contribution in [1.82, 2.24) is 14.7 Å². The molecule has 0 spiro atoms. The summed E-state index contributed by atoms with van der Waals surface area (Å²) >= 11 is 1.63. The van der Waals surface area contributed by atoms with E-state index < -0.39 is 0 Å². The molecule has 0 N–H and O–H groups in total. The molecule has 0 saturated heterocycles. The maximum Gasteiger partial charge on any atom is 0.250 e. The summed E-state index contributed by atoms with van der Waals surface area (Å²) in [5.74, 6) is 0.897. The summed E-state index contributed by atoms with van der Waals surface area (Å²) < 4.78 is 6.64. The lowest BCUT2D eigenvalue weighted by atomic mass is 10.3. The molecule has 0 aliphatic carbocycles. The number of aromatic nitrogens is 3. The number of nitrogens with zero attached hydrogens (tertiary/aromatic N) is 3. The fourth-order valence-electron chi connectivity index (χ4n) is 1.69. The van der Waals surface area contributed by atoms with Crippen LogP contribution in [0.5, 0.6) is 0 Å². The summed E-state index contributed by atoms with van der Waals surface area (Å²) in [6.07, 6.45) is 5.37. The first-order valence-electron chi connectivity index (χ1n) is 5.95. The molecular weight excluding hydrogens is 274 g/mol. The van der Waals surface area contributed by atoms with Crippen molar-refractivity contribution in [3.8, 4) is 11.4 Å². The Bertz CT molecular complexity index is 800. The van der Waals surface area contributed by atoms with Crippen LogP contribution < -0.4 is 5.56 Å². The fraction of sp³-hybridized carbons (Fsp3) is 0.0714. The van der Waals surface area contributed by atoms with Crippen molar-refractivity contribution in [1.29, 1.82) is 0 Å². The van der Waals surface area contributed by atoms with Gasteiger partial charge in [-0.15, -0.1) is 11.3 Å². The van der Waals surface area contributed by atoms with Crippen molar-refractivity contribution in [2.75, 3.05) is 0 Å². The second kappa shape index (κ2) is 5.26. The van der Waals surface area contributed by atoms with Gasteiger partial charge in [-0.2, -0.15) is 4.98 Å². The molecule has 0 unspecified atom stereocenters. The van der Waals surface area contributed by atoms with Crippen LogP contribution in [0, 0.1) is 0 Å². The quantitative estimate of drug-likeness (QED) is 0.742. The molecule has 0 amide bonds. The van der Waals surface area contributed by atoms with Gasteiger partial charge >= 0.3 is 0 Å². The van der Waals surface area contributed by atoms with Crippen molar-refractivity contribution >= 4 is 23.5 Å². The molecule has 0 aromatic carbocycles. The van der Waals surface area contributed by atoms with E-state index in [1.165, 1.54) is 10.6 Å². The van der Waals surface area contributed by atoms with E-state index in [0.29, 0.717) is 11.7 Å². The summed E-state index contributed by atoms with van der Waals surface area (Å²) in [7, 11) is 1.68. The van der Waals surface area contributed by atoms with Gasteiger partial charge in [-0.1, -0.05) is 11.2 Å². The normalized spacial score (nSPS) is 11.2. The van der Waals surface area contributed by atoms with Crippen LogP contribution in [0.4, 0.5) is 0 Å². The molecule has 3 aromatic rings. The van der Waals surface area contributed by atoms with Crippen LogP contribution in [0.15, 0.2) is 45.2 Å². The highest BCUT2D eigenvalue weighted by atomic mass is 32.1. The Labute approximate surface area is 118 Å². The van der Waals surface area contributed by atoms with Gasteiger partial charge in [0.25, 0.3) is 5.89 Å². The third-order valence-corrected chi connectivity index (χ3v) is 3.56. The molecule has 0 radical (unpaired) electrons. The van der Waals surface area contributed by atoms with Gasteiger partial charge in [0.05, 0.1) is 0 Å². The molecule has 20 heavy (non-hydrogen) atoms. The number of thiophene rings is 1. The summed E-state index contributed by atoms with van der Waals surface area (Å²) in [4.78, 5) is 16.7. The van der Waals surface area contributed by atoms with E-state index in [1.807, 2.05) is 23.6 Å². The average molecular weight is 285 g/mol. The van der Waals surface area contributed by atoms with E-state index in [0.717, 1.165) is 10.4 Å². The predicted octanol–water partition coefficient (Wildman–Crippen LogP) is 2.67. The molecule has 0 aliphatic heterocycles. The van der Waals surface area contributed by atoms with Crippen LogP contribution >= 0.6 is 11.3 Å². The highest BCUT2D eigenvalue weighted by Gasteiger charge is 2.07. The zero-order valence-corrected chi connectivity index (χ0v) is 11.5. The SMILES string of the molecule is Cn1cc(-c2noc(C=Cc3cccs3)n2)ccc1=O. The summed E-state index contributed by atoms with van der Waals surface area (Å²) in [5, 5.41) is 5.91. The lowest BCUT2D eigenvalue weighted by molar-refractivity contribution is 0.411. The second-order valence-corrected chi connectivity index (χ2v) is 5.15. The van der Waals surface area contributed by atoms with Crippen molar-refractivity contribution in [2.45, 2.75) is 0 Å². The van der Waals surface area contributed by atoms with Crippen LogP contribution in [0.2, 0.25) is 0 Å².